The number of piperidine rings is 1. The Morgan fingerprint density at radius 1 is 1.53 bits per heavy atom. The van der Waals surface area contributed by atoms with Gasteiger partial charge in [-0.3, -0.25) is 9.59 Å². The number of carboxylic acids is 1. The van der Waals surface area contributed by atoms with Crippen LogP contribution >= 0.6 is 0 Å². The second-order valence-electron chi connectivity index (χ2n) is 4.89. The van der Waals surface area contributed by atoms with E-state index in [0.717, 1.165) is 25.8 Å². The van der Waals surface area contributed by atoms with Crippen LogP contribution in [0, 0.1) is 5.41 Å². The van der Waals surface area contributed by atoms with Gasteiger partial charge in [0, 0.05) is 12.6 Å². The molecule has 3 N–H and O–H groups in total. The molecule has 1 aliphatic rings. The molecule has 0 bridgehead atoms. The van der Waals surface area contributed by atoms with Gasteiger partial charge in [0.25, 0.3) is 0 Å². The topological polar surface area (TPSA) is 78.4 Å². The third-order valence-electron chi connectivity index (χ3n) is 3.49. The number of hydrogen-bond acceptors (Lipinski definition) is 3. The van der Waals surface area contributed by atoms with Gasteiger partial charge in [-0.2, -0.15) is 0 Å². The fourth-order valence-corrected chi connectivity index (χ4v) is 2.31. The molecule has 0 aromatic carbocycles. The summed E-state index contributed by atoms with van der Waals surface area (Å²) >= 11 is 0. The van der Waals surface area contributed by atoms with E-state index in [2.05, 4.69) is 10.6 Å². The quantitative estimate of drug-likeness (QED) is 0.664. The first-order chi connectivity index (χ1) is 8.00. The van der Waals surface area contributed by atoms with Crippen molar-refractivity contribution in [3.8, 4) is 0 Å². The molecule has 1 heterocycles. The molecule has 17 heavy (non-hydrogen) atoms. The Balaban J connectivity index is 2.57. The van der Waals surface area contributed by atoms with Crippen molar-refractivity contribution < 1.29 is 14.7 Å². The van der Waals surface area contributed by atoms with Crippen LogP contribution in [-0.2, 0) is 9.59 Å². The monoisotopic (exact) mass is 242 g/mol. The molecule has 0 aromatic rings. The number of amides is 1. The van der Waals surface area contributed by atoms with E-state index in [-0.39, 0.29) is 23.8 Å². The lowest BCUT2D eigenvalue weighted by molar-refractivity contribution is -0.138. The van der Waals surface area contributed by atoms with Gasteiger partial charge in [-0.25, -0.2) is 0 Å². The van der Waals surface area contributed by atoms with Gasteiger partial charge in [0.15, 0.2) is 0 Å². The lowest BCUT2D eigenvalue weighted by atomic mass is 9.77. The van der Waals surface area contributed by atoms with Crippen molar-refractivity contribution in [1.29, 1.82) is 0 Å². The Hall–Kier alpha value is -1.10. The fourth-order valence-electron chi connectivity index (χ4n) is 2.31. The zero-order valence-corrected chi connectivity index (χ0v) is 10.6. The summed E-state index contributed by atoms with van der Waals surface area (Å²) in [5.74, 6) is -0.897. The lowest BCUT2D eigenvalue weighted by Crippen LogP contribution is -2.52. The van der Waals surface area contributed by atoms with Crippen LogP contribution in [0.5, 0.6) is 0 Å². The second-order valence-corrected chi connectivity index (χ2v) is 4.89. The summed E-state index contributed by atoms with van der Waals surface area (Å²) < 4.78 is 0. The highest BCUT2D eigenvalue weighted by Gasteiger charge is 2.38. The Morgan fingerprint density at radius 3 is 2.71 bits per heavy atom. The number of carbonyl (C=O) groups excluding carboxylic acids is 1. The maximum Gasteiger partial charge on any atom is 0.305 e. The van der Waals surface area contributed by atoms with E-state index in [9.17, 15) is 9.59 Å². The van der Waals surface area contributed by atoms with Crippen molar-refractivity contribution in [3.63, 3.8) is 0 Å². The number of carbonyl (C=O) groups is 2. The third-order valence-corrected chi connectivity index (χ3v) is 3.49. The molecule has 1 saturated heterocycles. The summed E-state index contributed by atoms with van der Waals surface area (Å²) in [5, 5.41) is 14.7. The normalized spacial score (nSPS) is 26.2. The number of nitrogens with one attached hydrogen (secondary N) is 2. The van der Waals surface area contributed by atoms with Gasteiger partial charge in [0.1, 0.15) is 0 Å². The molecule has 0 radical (unpaired) electrons. The Bertz CT molecular complexity index is 285. The van der Waals surface area contributed by atoms with Gasteiger partial charge in [-0.1, -0.05) is 6.92 Å². The van der Waals surface area contributed by atoms with Gasteiger partial charge < -0.3 is 15.7 Å². The van der Waals surface area contributed by atoms with Crippen molar-refractivity contribution in [2.75, 3.05) is 13.1 Å². The third kappa shape index (κ3) is 3.70. The number of rotatable bonds is 5. The lowest BCUT2D eigenvalue weighted by Gasteiger charge is -2.36. The van der Waals surface area contributed by atoms with E-state index >= 15 is 0 Å². The Labute approximate surface area is 102 Å². The van der Waals surface area contributed by atoms with Crippen LogP contribution < -0.4 is 10.6 Å². The highest BCUT2D eigenvalue weighted by molar-refractivity contribution is 5.83. The number of carboxylic acid groups (broad SMARTS) is 1. The molecule has 0 aromatic heterocycles. The molecular weight excluding hydrogens is 220 g/mol. The predicted octanol–water partition coefficient (Wildman–Crippen LogP) is 0.746. The van der Waals surface area contributed by atoms with E-state index in [1.165, 1.54) is 0 Å². The van der Waals surface area contributed by atoms with Crippen molar-refractivity contribution in [3.05, 3.63) is 0 Å². The zero-order valence-electron chi connectivity index (χ0n) is 10.6. The molecule has 0 spiro atoms. The molecule has 1 rings (SSSR count). The average Bonchev–Trinajstić information content (AvgIpc) is 2.28. The minimum Gasteiger partial charge on any atom is -0.481 e. The summed E-state index contributed by atoms with van der Waals surface area (Å²) in [6.07, 6.45) is 2.63. The fraction of sp³-hybridized carbons (Fsp3) is 0.833. The molecular formula is C12H22N2O3. The second kappa shape index (κ2) is 6.00. The molecule has 5 nitrogen and oxygen atoms in total. The van der Waals surface area contributed by atoms with Gasteiger partial charge in [0.05, 0.1) is 11.8 Å². The molecule has 2 atom stereocenters. The van der Waals surface area contributed by atoms with Crippen LogP contribution in [0.3, 0.4) is 0 Å². The van der Waals surface area contributed by atoms with Gasteiger partial charge in [-0.05, 0) is 32.7 Å². The van der Waals surface area contributed by atoms with Crippen LogP contribution in [0.4, 0.5) is 0 Å². The van der Waals surface area contributed by atoms with E-state index in [1.54, 1.807) is 6.92 Å². The first kappa shape index (κ1) is 14.0. The number of aliphatic carboxylic acids is 1. The van der Waals surface area contributed by atoms with Crippen LogP contribution in [0.2, 0.25) is 0 Å². The summed E-state index contributed by atoms with van der Waals surface area (Å²) in [6.45, 7) is 5.38. The van der Waals surface area contributed by atoms with Crippen LogP contribution in [0.1, 0.15) is 39.5 Å². The maximum atomic E-state index is 12.2. The zero-order chi connectivity index (χ0) is 12.9. The standard InChI is InChI=1S/C12H22N2O3/c1-3-12(5-4-6-13-8-12)11(17)14-9(2)7-10(15)16/h9,13H,3-8H2,1-2H3,(H,14,17)(H,15,16). The summed E-state index contributed by atoms with van der Waals surface area (Å²) in [7, 11) is 0. The summed E-state index contributed by atoms with van der Waals surface area (Å²) in [5.41, 5.74) is -0.356. The average molecular weight is 242 g/mol. The highest BCUT2D eigenvalue weighted by Crippen LogP contribution is 2.30. The van der Waals surface area contributed by atoms with Gasteiger partial charge >= 0.3 is 5.97 Å². The Morgan fingerprint density at radius 2 is 2.24 bits per heavy atom. The molecule has 1 fully saturated rings. The van der Waals surface area contributed by atoms with Gasteiger partial charge in [0.2, 0.25) is 5.91 Å². The van der Waals surface area contributed by atoms with Crippen molar-refractivity contribution in [2.24, 2.45) is 5.41 Å². The maximum absolute atomic E-state index is 12.2. The van der Waals surface area contributed by atoms with E-state index in [1.807, 2.05) is 6.92 Å². The molecule has 0 aliphatic carbocycles. The smallest absolute Gasteiger partial charge is 0.305 e. The van der Waals surface area contributed by atoms with Crippen molar-refractivity contribution >= 4 is 11.9 Å². The SMILES string of the molecule is CCC1(C(=O)NC(C)CC(=O)O)CCCNC1. The van der Waals surface area contributed by atoms with E-state index < -0.39 is 5.97 Å². The van der Waals surface area contributed by atoms with Crippen LogP contribution in [0.25, 0.3) is 0 Å². The summed E-state index contributed by atoms with van der Waals surface area (Å²) in [4.78, 5) is 22.8. The van der Waals surface area contributed by atoms with Crippen molar-refractivity contribution in [2.45, 2.75) is 45.6 Å². The molecule has 0 saturated carbocycles. The summed E-state index contributed by atoms with van der Waals surface area (Å²) in [6, 6.07) is -0.314. The first-order valence-electron chi connectivity index (χ1n) is 6.23. The van der Waals surface area contributed by atoms with Gasteiger partial charge in [-0.15, -0.1) is 0 Å². The molecule has 2 unspecified atom stereocenters. The largest absolute Gasteiger partial charge is 0.481 e. The van der Waals surface area contributed by atoms with Crippen LogP contribution in [-0.4, -0.2) is 36.1 Å². The minimum absolute atomic E-state index is 0.0130. The predicted molar refractivity (Wildman–Crippen MR) is 64.7 cm³/mol. The Kier molecular flexibility index (Phi) is 4.93. The minimum atomic E-state index is -0.884. The molecule has 98 valence electrons. The van der Waals surface area contributed by atoms with Crippen molar-refractivity contribution in [1.82, 2.24) is 10.6 Å². The first-order valence-corrected chi connectivity index (χ1v) is 6.23. The molecule has 1 aliphatic heterocycles. The number of hydrogen-bond donors (Lipinski definition) is 3. The van der Waals surface area contributed by atoms with Crippen LogP contribution in [0.15, 0.2) is 0 Å². The molecule has 5 heteroatoms. The highest BCUT2D eigenvalue weighted by atomic mass is 16.4. The van der Waals surface area contributed by atoms with E-state index in [0.29, 0.717) is 6.54 Å². The van der Waals surface area contributed by atoms with E-state index in [4.69, 9.17) is 5.11 Å². The molecule has 1 amide bonds.